The molecule has 0 saturated heterocycles. The monoisotopic (exact) mass is 398 g/mol. The molecule has 0 saturated carbocycles. The zero-order chi connectivity index (χ0) is 19.1. The number of nitrogens with one attached hydrogen (secondary N) is 2. The number of phenols is 1. The Labute approximate surface area is 156 Å². The van der Waals surface area contributed by atoms with Gasteiger partial charge in [-0.2, -0.15) is 13.9 Å². The van der Waals surface area contributed by atoms with Crippen LogP contribution in [0.25, 0.3) is 0 Å². The van der Waals surface area contributed by atoms with E-state index in [1.165, 1.54) is 30.5 Å². The highest BCUT2D eigenvalue weighted by Gasteiger charge is 2.09. The van der Waals surface area contributed by atoms with E-state index in [4.69, 9.17) is 12.2 Å². The molecule has 0 heterocycles. The fourth-order valence-electron chi connectivity index (χ4n) is 1.80. The van der Waals surface area contributed by atoms with Gasteiger partial charge in [0.05, 0.1) is 11.1 Å². The number of anilines is 1. The number of nitro benzene ring substituents is 1. The lowest BCUT2D eigenvalue weighted by atomic mass is 10.2. The summed E-state index contributed by atoms with van der Waals surface area (Å²) < 4.78 is 24.5. The molecule has 136 valence electrons. The maximum absolute atomic E-state index is 12.3. The quantitative estimate of drug-likeness (QED) is 0.223. The molecule has 7 nitrogen and oxygen atoms in total. The molecule has 0 aromatic heterocycles. The van der Waals surface area contributed by atoms with Gasteiger partial charge in [0.1, 0.15) is 5.75 Å². The molecule has 3 N–H and O–H groups in total. The third kappa shape index (κ3) is 5.93. The predicted molar refractivity (Wildman–Crippen MR) is 100 cm³/mol. The second-order valence-electron chi connectivity index (χ2n) is 4.73. The molecule has 0 aliphatic rings. The zero-order valence-corrected chi connectivity index (χ0v) is 14.6. The molecule has 2 rings (SSSR count). The summed E-state index contributed by atoms with van der Waals surface area (Å²) in [4.78, 5) is 10.6. The van der Waals surface area contributed by atoms with E-state index >= 15 is 0 Å². The number of nitro groups is 1. The number of alkyl halides is 2. The van der Waals surface area contributed by atoms with E-state index in [1.54, 1.807) is 12.1 Å². The molecule has 26 heavy (non-hydrogen) atoms. The van der Waals surface area contributed by atoms with E-state index in [0.29, 0.717) is 22.3 Å². The first-order valence-corrected chi connectivity index (χ1v) is 8.26. The van der Waals surface area contributed by atoms with Crippen LogP contribution in [0, 0.1) is 10.1 Å². The minimum atomic E-state index is -2.49. The third-order valence-electron chi connectivity index (χ3n) is 2.93. The molecule has 0 unspecified atom stereocenters. The van der Waals surface area contributed by atoms with Gasteiger partial charge < -0.3 is 10.4 Å². The van der Waals surface area contributed by atoms with Crippen LogP contribution >= 0.6 is 24.0 Å². The molecule has 0 radical (unpaired) electrons. The molecule has 0 aliphatic carbocycles. The second-order valence-corrected chi connectivity index (χ2v) is 6.20. The molecule has 0 atom stereocenters. The molecule has 0 bridgehead atoms. The Balaban J connectivity index is 1.93. The Morgan fingerprint density at radius 1 is 1.31 bits per heavy atom. The summed E-state index contributed by atoms with van der Waals surface area (Å²) in [6.45, 7) is 0. The standard InChI is InChI=1S/C15H12F2N4O3S2/c16-14(17)26-12-4-1-10(2-5-12)19-15(25)20-18-8-9-7-11(21(23)24)3-6-13(9)22/h1-8,14,22H,(H2,19,20,25)/b18-8+. The molecule has 2 aromatic rings. The number of phenolic OH excluding ortho intramolecular Hbond substituents is 1. The Kier molecular flexibility index (Phi) is 6.81. The van der Waals surface area contributed by atoms with Gasteiger partial charge in [0.2, 0.25) is 0 Å². The van der Waals surface area contributed by atoms with E-state index in [-0.39, 0.29) is 22.1 Å². The first-order valence-electron chi connectivity index (χ1n) is 6.97. The highest BCUT2D eigenvalue weighted by molar-refractivity contribution is 7.99. The first-order chi connectivity index (χ1) is 12.3. The zero-order valence-electron chi connectivity index (χ0n) is 12.9. The number of rotatable bonds is 6. The Bertz CT molecular complexity index is 832. The Morgan fingerprint density at radius 3 is 2.62 bits per heavy atom. The molecular weight excluding hydrogens is 386 g/mol. The number of halogens is 2. The summed E-state index contributed by atoms with van der Waals surface area (Å²) in [5, 5.41) is 27.1. The third-order valence-corrected chi connectivity index (χ3v) is 3.84. The van der Waals surface area contributed by atoms with Crippen molar-refractivity contribution in [1.29, 1.82) is 0 Å². The Morgan fingerprint density at radius 2 is 2.00 bits per heavy atom. The normalized spacial score (nSPS) is 10.9. The van der Waals surface area contributed by atoms with E-state index in [9.17, 15) is 24.0 Å². The number of benzene rings is 2. The van der Waals surface area contributed by atoms with Crippen molar-refractivity contribution in [3.63, 3.8) is 0 Å². The van der Waals surface area contributed by atoms with Crippen molar-refractivity contribution in [2.24, 2.45) is 5.10 Å². The van der Waals surface area contributed by atoms with Gasteiger partial charge in [-0.1, -0.05) is 11.8 Å². The maximum atomic E-state index is 12.3. The van der Waals surface area contributed by atoms with Crippen LogP contribution in [-0.2, 0) is 0 Å². The average Bonchev–Trinajstić information content (AvgIpc) is 2.57. The van der Waals surface area contributed by atoms with Crippen molar-refractivity contribution in [2.45, 2.75) is 10.7 Å². The van der Waals surface area contributed by atoms with Gasteiger partial charge in [0, 0.05) is 28.3 Å². The van der Waals surface area contributed by atoms with Gasteiger partial charge in [-0.3, -0.25) is 15.5 Å². The van der Waals surface area contributed by atoms with Gasteiger partial charge in [-0.25, -0.2) is 0 Å². The Hall–Kier alpha value is -2.79. The van der Waals surface area contributed by atoms with Crippen molar-refractivity contribution < 1.29 is 18.8 Å². The number of hydrazone groups is 1. The van der Waals surface area contributed by atoms with E-state index < -0.39 is 10.7 Å². The van der Waals surface area contributed by atoms with E-state index in [2.05, 4.69) is 15.8 Å². The lowest BCUT2D eigenvalue weighted by Crippen LogP contribution is -2.23. The van der Waals surface area contributed by atoms with Crippen LogP contribution in [0.3, 0.4) is 0 Å². The summed E-state index contributed by atoms with van der Waals surface area (Å²) in [6, 6.07) is 9.72. The van der Waals surface area contributed by atoms with Crippen LogP contribution < -0.4 is 10.7 Å². The van der Waals surface area contributed by atoms with Gasteiger partial charge in [0.15, 0.2) is 5.11 Å². The first kappa shape index (κ1) is 19.5. The highest BCUT2D eigenvalue weighted by atomic mass is 32.2. The maximum Gasteiger partial charge on any atom is 0.288 e. The molecule has 0 aliphatic heterocycles. The number of hydrogen-bond acceptors (Lipinski definition) is 6. The number of aromatic hydroxyl groups is 1. The smallest absolute Gasteiger partial charge is 0.288 e. The van der Waals surface area contributed by atoms with Crippen LogP contribution in [0.15, 0.2) is 52.5 Å². The van der Waals surface area contributed by atoms with E-state index in [0.717, 1.165) is 6.07 Å². The van der Waals surface area contributed by atoms with E-state index in [1.807, 2.05) is 0 Å². The van der Waals surface area contributed by atoms with Gasteiger partial charge in [-0.15, -0.1) is 0 Å². The summed E-state index contributed by atoms with van der Waals surface area (Å²) in [6.07, 6.45) is 1.18. The summed E-state index contributed by atoms with van der Waals surface area (Å²) in [5.74, 6) is -2.66. The number of thiocarbonyl (C=S) groups is 1. The average molecular weight is 398 g/mol. The van der Waals surface area contributed by atoms with Gasteiger partial charge >= 0.3 is 0 Å². The molecule has 0 fully saturated rings. The summed E-state index contributed by atoms with van der Waals surface area (Å²) in [7, 11) is 0. The molecule has 0 amide bonds. The van der Waals surface area contributed by atoms with Crippen LogP contribution in [0.2, 0.25) is 0 Å². The summed E-state index contributed by atoms with van der Waals surface area (Å²) in [5.41, 5.74) is 3.00. The van der Waals surface area contributed by atoms with Crippen molar-refractivity contribution >= 4 is 46.7 Å². The highest BCUT2D eigenvalue weighted by Crippen LogP contribution is 2.26. The van der Waals surface area contributed by atoms with Crippen LogP contribution in [0.1, 0.15) is 5.56 Å². The van der Waals surface area contributed by atoms with Gasteiger partial charge in [-0.05, 0) is 42.5 Å². The van der Waals surface area contributed by atoms with Crippen LogP contribution in [-0.4, -0.2) is 27.1 Å². The van der Waals surface area contributed by atoms with Crippen molar-refractivity contribution in [2.75, 3.05) is 5.32 Å². The van der Waals surface area contributed by atoms with Crippen LogP contribution in [0.5, 0.6) is 5.75 Å². The molecule has 0 spiro atoms. The fourth-order valence-corrected chi connectivity index (χ4v) is 2.47. The van der Waals surface area contributed by atoms with Crippen LogP contribution in [0.4, 0.5) is 20.2 Å². The molecular formula is C15H12F2N4O3S2. The van der Waals surface area contributed by atoms with Gasteiger partial charge in [0.25, 0.3) is 11.4 Å². The van der Waals surface area contributed by atoms with Crippen molar-refractivity contribution in [3.8, 4) is 5.75 Å². The largest absolute Gasteiger partial charge is 0.507 e. The number of nitrogens with zero attached hydrogens (tertiary/aromatic N) is 2. The second kappa shape index (κ2) is 9.06. The van der Waals surface area contributed by atoms with Crippen molar-refractivity contribution in [1.82, 2.24) is 5.43 Å². The minimum Gasteiger partial charge on any atom is -0.507 e. The van der Waals surface area contributed by atoms with Crippen molar-refractivity contribution in [3.05, 3.63) is 58.1 Å². The minimum absolute atomic E-state index is 0.112. The molecule has 11 heteroatoms. The summed E-state index contributed by atoms with van der Waals surface area (Å²) >= 11 is 5.46. The molecule has 2 aromatic carbocycles. The predicted octanol–water partition coefficient (Wildman–Crippen LogP) is 3.94. The topological polar surface area (TPSA) is 99.8 Å². The number of non-ortho nitro benzene ring substituents is 1. The lowest BCUT2D eigenvalue weighted by Gasteiger charge is -2.08. The number of hydrogen-bond donors (Lipinski definition) is 3. The number of thioether (sulfide) groups is 1. The fraction of sp³-hybridized carbons (Fsp3) is 0.0667. The SMILES string of the molecule is O=[N+]([O-])c1ccc(O)c(/C=N/NC(=S)Nc2ccc(SC(F)F)cc2)c1. The lowest BCUT2D eigenvalue weighted by molar-refractivity contribution is -0.384.